The van der Waals surface area contributed by atoms with Gasteiger partial charge < -0.3 is 14.2 Å². The van der Waals surface area contributed by atoms with Crippen molar-refractivity contribution in [2.45, 2.75) is 142 Å². The summed E-state index contributed by atoms with van der Waals surface area (Å²) in [6.45, 7) is 6.04. The van der Waals surface area contributed by atoms with E-state index in [0.29, 0.717) is 19.3 Å². The van der Waals surface area contributed by atoms with Gasteiger partial charge in [0.1, 0.15) is 13.2 Å². The van der Waals surface area contributed by atoms with Crippen LogP contribution < -0.4 is 0 Å². The van der Waals surface area contributed by atoms with E-state index in [2.05, 4.69) is 57.2 Å². The van der Waals surface area contributed by atoms with Gasteiger partial charge in [-0.3, -0.25) is 14.4 Å². The van der Waals surface area contributed by atoms with Crippen molar-refractivity contribution in [3.8, 4) is 0 Å². The molecule has 354 valence electrons. The first-order valence-electron chi connectivity index (χ1n) is 24.2. The number of hydrogen-bond acceptors (Lipinski definition) is 6. The van der Waals surface area contributed by atoms with Crippen LogP contribution in [-0.2, 0) is 28.6 Å². The number of unbranched alkanes of at least 4 members (excludes halogenated alkanes) is 9. The van der Waals surface area contributed by atoms with Crippen LogP contribution in [0, 0.1) is 0 Å². The molecule has 0 bridgehead atoms. The van der Waals surface area contributed by atoms with Crippen LogP contribution in [0.5, 0.6) is 0 Å². The minimum atomic E-state index is -0.849. The topological polar surface area (TPSA) is 78.9 Å². The first-order chi connectivity index (χ1) is 32.0. The third-order valence-electron chi connectivity index (χ3n) is 8.99. The maximum absolute atomic E-state index is 12.8. The molecular weight excluding hydrogens is 805 g/mol. The number of carbonyl (C=O) groups is 3. The summed E-state index contributed by atoms with van der Waals surface area (Å²) in [4.78, 5) is 37.9. The van der Waals surface area contributed by atoms with Crippen LogP contribution in [0.4, 0.5) is 0 Å². The molecule has 0 aliphatic rings. The normalized spacial score (nSPS) is 13.8. The molecule has 0 saturated carbocycles. The van der Waals surface area contributed by atoms with Gasteiger partial charge in [0.05, 0.1) is 0 Å². The Morgan fingerprint density at radius 1 is 0.308 bits per heavy atom. The molecule has 0 N–H and O–H groups in total. The number of carbonyl (C=O) groups excluding carboxylic acids is 3. The summed E-state index contributed by atoms with van der Waals surface area (Å²) in [5.41, 5.74) is 0. The zero-order chi connectivity index (χ0) is 47.2. The molecule has 0 fully saturated rings. The van der Waals surface area contributed by atoms with E-state index in [0.717, 1.165) is 77.0 Å². The summed E-state index contributed by atoms with van der Waals surface area (Å²) >= 11 is 0. The number of rotatable bonds is 39. The van der Waals surface area contributed by atoms with Gasteiger partial charge in [-0.2, -0.15) is 0 Å². The molecule has 0 heterocycles. The molecule has 0 aliphatic heterocycles. The molecule has 0 saturated heterocycles. The van der Waals surface area contributed by atoms with E-state index >= 15 is 0 Å². The largest absolute Gasteiger partial charge is 0.462 e. The summed E-state index contributed by atoms with van der Waals surface area (Å²) in [6, 6.07) is 0. The smallest absolute Gasteiger partial charge is 0.306 e. The molecular formula is C59H82O6. The van der Waals surface area contributed by atoms with Gasteiger partial charge in [0, 0.05) is 19.3 Å². The predicted molar refractivity (Wildman–Crippen MR) is 278 cm³/mol. The molecule has 0 aromatic carbocycles. The van der Waals surface area contributed by atoms with Gasteiger partial charge >= 0.3 is 17.9 Å². The van der Waals surface area contributed by atoms with E-state index in [4.69, 9.17) is 14.2 Å². The third kappa shape index (κ3) is 49.1. The quantitative estimate of drug-likeness (QED) is 0.0265. The fraction of sp³-hybridized carbons (Fsp3) is 0.407. The average molecular weight is 887 g/mol. The van der Waals surface area contributed by atoms with Gasteiger partial charge in [-0.1, -0.05) is 234 Å². The Balaban J connectivity index is 4.71. The Hall–Kier alpha value is -5.75. The first kappa shape index (κ1) is 59.2. The molecule has 0 amide bonds. The van der Waals surface area contributed by atoms with Crippen LogP contribution in [0.1, 0.15) is 136 Å². The molecule has 0 aromatic heterocycles. The summed E-state index contributed by atoms with van der Waals surface area (Å²) in [6.07, 6.45) is 78.3. The summed E-state index contributed by atoms with van der Waals surface area (Å²) < 4.78 is 16.6. The van der Waals surface area contributed by atoms with Gasteiger partial charge in [-0.25, -0.2) is 0 Å². The highest BCUT2D eigenvalue weighted by Crippen LogP contribution is 2.10. The number of hydrogen-bond donors (Lipinski definition) is 0. The lowest BCUT2D eigenvalue weighted by Gasteiger charge is -2.18. The fourth-order valence-electron chi connectivity index (χ4n) is 5.45. The lowest BCUT2D eigenvalue weighted by molar-refractivity contribution is -0.167. The highest BCUT2D eigenvalue weighted by Gasteiger charge is 2.19. The summed E-state index contributed by atoms with van der Waals surface area (Å²) in [5.74, 6) is -1.09. The second kappa shape index (κ2) is 50.9. The van der Waals surface area contributed by atoms with E-state index in [-0.39, 0.29) is 50.4 Å². The van der Waals surface area contributed by atoms with Crippen LogP contribution >= 0.6 is 0 Å². The number of ether oxygens (including phenoxy) is 3. The van der Waals surface area contributed by atoms with Crippen molar-refractivity contribution in [1.82, 2.24) is 0 Å². The SMILES string of the molecule is CC\C=C/C=C\C=C/C=C\C=C/CCCCCC(=O)OCC(COC(=O)CCCCC\C=C/C=C/C=C\C=C/C=C\C=C/CC)OC(=O)CCCCC\C=C/C=C\C=C/C=C\C=C/CC. The third-order valence-corrected chi connectivity index (χ3v) is 8.99. The fourth-order valence-corrected chi connectivity index (χ4v) is 5.45. The van der Waals surface area contributed by atoms with Crippen molar-refractivity contribution in [3.05, 3.63) is 194 Å². The molecule has 6 heteroatoms. The first-order valence-corrected chi connectivity index (χ1v) is 24.2. The monoisotopic (exact) mass is 887 g/mol. The van der Waals surface area contributed by atoms with Crippen molar-refractivity contribution in [3.63, 3.8) is 0 Å². The zero-order valence-electron chi connectivity index (χ0n) is 40.1. The highest BCUT2D eigenvalue weighted by atomic mass is 16.6. The standard InChI is InChI=1S/C59H82O6/c1-4-7-10-13-16-19-22-25-28-29-32-34-37-40-43-46-49-52-58(61)64-55-56(65-59(62)53-50-47-44-41-38-35-31-27-24-21-18-15-12-9-6-3)54-63-57(60)51-48-45-42-39-36-33-30-26-23-20-17-14-11-8-5-2/h7-38,56H,4-6,39-55H2,1-3H3/b10-7-,11-8-,12-9-,16-13-,17-14-,18-15-,22-19-,23-20-,24-21-,28-25-,30-26-,31-27-,32-29+,36-33-,37-34-,38-35-. The molecule has 6 nitrogen and oxygen atoms in total. The molecule has 0 radical (unpaired) electrons. The zero-order valence-corrected chi connectivity index (χ0v) is 40.1. The van der Waals surface area contributed by atoms with Gasteiger partial charge in [-0.15, -0.1) is 0 Å². The minimum absolute atomic E-state index is 0.145. The van der Waals surface area contributed by atoms with Crippen molar-refractivity contribution >= 4 is 17.9 Å². The molecule has 65 heavy (non-hydrogen) atoms. The van der Waals surface area contributed by atoms with E-state index < -0.39 is 6.10 Å². The van der Waals surface area contributed by atoms with E-state index in [1.807, 2.05) is 158 Å². The maximum atomic E-state index is 12.8. The molecule has 0 aliphatic carbocycles. The molecule has 0 spiro atoms. The Bertz CT molecular complexity index is 1680. The predicted octanol–water partition coefficient (Wildman–Crippen LogP) is 16.0. The van der Waals surface area contributed by atoms with Crippen LogP contribution in [0.25, 0.3) is 0 Å². The lowest BCUT2D eigenvalue weighted by atomic mass is 10.1. The highest BCUT2D eigenvalue weighted by molar-refractivity contribution is 5.71. The second-order valence-corrected chi connectivity index (χ2v) is 14.9. The van der Waals surface area contributed by atoms with Gasteiger partial charge in [0.2, 0.25) is 0 Å². The van der Waals surface area contributed by atoms with Crippen LogP contribution in [0.2, 0.25) is 0 Å². The van der Waals surface area contributed by atoms with Crippen molar-refractivity contribution < 1.29 is 28.6 Å². The van der Waals surface area contributed by atoms with E-state index in [1.165, 1.54) is 0 Å². The Morgan fingerprint density at radius 3 is 0.831 bits per heavy atom. The Labute approximate surface area is 395 Å². The van der Waals surface area contributed by atoms with E-state index in [9.17, 15) is 14.4 Å². The minimum Gasteiger partial charge on any atom is -0.462 e. The Kier molecular flexibility index (Phi) is 46.4. The molecule has 0 aromatic rings. The molecule has 1 atom stereocenters. The Morgan fingerprint density at radius 2 is 0.554 bits per heavy atom. The van der Waals surface area contributed by atoms with E-state index in [1.54, 1.807) is 0 Å². The maximum Gasteiger partial charge on any atom is 0.306 e. The average Bonchev–Trinajstić information content (AvgIpc) is 3.30. The number of allylic oxidation sites excluding steroid dienone is 32. The van der Waals surface area contributed by atoms with Gasteiger partial charge in [-0.05, 0) is 77.0 Å². The van der Waals surface area contributed by atoms with Crippen LogP contribution in [0.15, 0.2) is 194 Å². The van der Waals surface area contributed by atoms with Crippen LogP contribution in [0.3, 0.4) is 0 Å². The number of esters is 3. The summed E-state index contributed by atoms with van der Waals surface area (Å²) in [7, 11) is 0. The van der Waals surface area contributed by atoms with Crippen molar-refractivity contribution in [1.29, 1.82) is 0 Å². The molecule has 0 rings (SSSR count). The van der Waals surface area contributed by atoms with Crippen molar-refractivity contribution in [2.75, 3.05) is 13.2 Å². The summed E-state index contributed by atoms with van der Waals surface area (Å²) in [5, 5.41) is 0. The van der Waals surface area contributed by atoms with Crippen molar-refractivity contribution in [2.24, 2.45) is 0 Å². The van der Waals surface area contributed by atoms with Crippen LogP contribution in [-0.4, -0.2) is 37.2 Å². The molecule has 1 unspecified atom stereocenters. The second-order valence-electron chi connectivity index (χ2n) is 14.9. The van der Waals surface area contributed by atoms with Gasteiger partial charge in [0.15, 0.2) is 6.10 Å². The lowest BCUT2D eigenvalue weighted by Crippen LogP contribution is -2.30. The van der Waals surface area contributed by atoms with Gasteiger partial charge in [0.25, 0.3) is 0 Å².